The van der Waals surface area contributed by atoms with E-state index in [1.54, 1.807) is 6.92 Å². The topological polar surface area (TPSA) is 64.7 Å². The Labute approximate surface area is 90.1 Å². The highest BCUT2D eigenvalue weighted by Gasteiger charge is 2.14. The van der Waals surface area contributed by atoms with Crippen LogP contribution in [-0.2, 0) is 9.53 Å². The molecule has 0 unspecified atom stereocenters. The Bertz CT molecular complexity index is 254. The van der Waals surface area contributed by atoms with E-state index in [0.717, 1.165) is 6.20 Å². The van der Waals surface area contributed by atoms with Crippen molar-refractivity contribution < 1.29 is 13.9 Å². The van der Waals surface area contributed by atoms with Crippen molar-refractivity contribution in [2.24, 2.45) is 10.7 Å². The van der Waals surface area contributed by atoms with Gasteiger partial charge in [0.05, 0.1) is 13.2 Å². The first kappa shape index (κ1) is 13.1. The summed E-state index contributed by atoms with van der Waals surface area (Å²) in [7, 11) is 0. The summed E-state index contributed by atoms with van der Waals surface area (Å²) in [6, 6.07) is 0. The van der Waals surface area contributed by atoms with Crippen molar-refractivity contribution in [3.05, 3.63) is 11.8 Å². The van der Waals surface area contributed by atoms with Crippen LogP contribution >= 0.6 is 15.9 Å². The first-order valence-electron chi connectivity index (χ1n) is 4.02. The number of ether oxygens (including phenoxy) is 1. The van der Waals surface area contributed by atoms with Gasteiger partial charge in [-0.3, -0.25) is 4.99 Å². The van der Waals surface area contributed by atoms with Crippen molar-refractivity contribution in [3.63, 3.8) is 0 Å². The summed E-state index contributed by atoms with van der Waals surface area (Å²) >= 11 is 3.01. The quantitative estimate of drug-likeness (QED) is 0.461. The highest BCUT2D eigenvalue weighted by molar-refractivity contribution is 9.18. The summed E-state index contributed by atoms with van der Waals surface area (Å²) in [5.74, 6) is -0.579. The SMILES string of the molecule is CCOC(=O)C(=CN)C(Br)=NCCF. The van der Waals surface area contributed by atoms with Gasteiger partial charge in [-0.15, -0.1) is 0 Å². The second-order valence-corrected chi connectivity index (χ2v) is 2.91. The Balaban J connectivity index is 4.49. The molecule has 0 fully saturated rings. The van der Waals surface area contributed by atoms with Gasteiger partial charge >= 0.3 is 5.97 Å². The number of alkyl halides is 1. The van der Waals surface area contributed by atoms with E-state index in [4.69, 9.17) is 10.5 Å². The standard InChI is InChI=1S/C8H12BrFN2O2/c1-2-14-8(13)6(5-11)7(9)12-4-3-10/h5H,2-4,11H2,1H3. The lowest BCUT2D eigenvalue weighted by Crippen LogP contribution is -2.14. The van der Waals surface area contributed by atoms with Crippen LogP contribution < -0.4 is 5.73 Å². The van der Waals surface area contributed by atoms with Crippen LogP contribution in [0.5, 0.6) is 0 Å². The number of nitrogens with zero attached hydrogens (tertiary/aromatic N) is 1. The zero-order valence-corrected chi connectivity index (χ0v) is 9.38. The molecule has 0 bridgehead atoms. The van der Waals surface area contributed by atoms with E-state index in [2.05, 4.69) is 20.9 Å². The normalized spacial score (nSPS) is 12.8. The molecule has 0 amide bonds. The molecule has 0 rings (SSSR count). The van der Waals surface area contributed by atoms with Crippen LogP contribution in [0.1, 0.15) is 6.92 Å². The zero-order chi connectivity index (χ0) is 11.0. The van der Waals surface area contributed by atoms with Gasteiger partial charge in [0, 0.05) is 6.20 Å². The van der Waals surface area contributed by atoms with Crippen molar-refractivity contribution in [2.75, 3.05) is 19.8 Å². The molecule has 0 spiro atoms. The molecule has 2 N–H and O–H groups in total. The van der Waals surface area contributed by atoms with E-state index in [1.807, 2.05) is 0 Å². The van der Waals surface area contributed by atoms with Crippen LogP contribution in [-0.4, -0.2) is 30.4 Å². The van der Waals surface area contributed by atoms with E-state index in [1.165, 1.54) is 0 Å². The first-order valence-corrected chi connectivity index (χ1v) is 4.82. The Morgan fingerprint density at radius 1 is 1.71 bits per heavy atom. The third-order valence-corrected chi connectivity index (χ3v) is 1.90. The molecule has 0 saturated heterocycles. The van der Waals surface area contributed by atoms with Crippen LogP contribution in [0.25, 0.3) is 0 Å². The van der Waals surface area contributed by atoms with Gasteiger partial charge < -0.3 is 10.5 Å². The molecule has 0 aliphatic rings. The minimum atomic E-state index is -0.588. The van der Waals surface area contributed by atoms with E-state index in [-0.39, 0.29) is 23.3 Å². The summed E-state index contributed by atoms with van der Waals surface area (Å²) in [4.78, 5) is 14.9. The molecular formula is C8H12BrFN2O2. The molecule has 6 heteroatoms. The van der Waals surface area contributed by atoms with Gasteiger partial charge in [-0.1, -0.05) is 0 Å². The molecule has 14 heavy (non-hydrogen) atoms. The minimum absolute atomic E-state index is 0.0165. The number of rotatable bonds is 5. The average Bonchev–Trinajstić information content (AvgIpc) is 2.16. The van der Waals surface area contributed by atoms with Crippen molar-refractivity contribution >= 4 is 26.5 Å². The summed E-state index contributed by atoms with van der Waals surface area (Å²) in [6.45, 7) is 1.32. The monoisotopic (exact) mass is 266 g/mol. The Morgan fingerprint density at radius 2 is 2.36 bits per heavy atom. The molecular weight excluding hydrogens is 255 g/mol. The van der Waals surface area contributed by atoms with Gasteiger partial charge in [0.1, 0.15) is 16.9 Å². The largest absolute Gasteiger partial charge is 0.462 e. The van der Waals surface area contributed by atoms with E-state index >= 15 is 0 Å². The molecule has 80 valence electrons. The lowest BCUT2D eigenvalue weighted by Gasteiger charge is -2.03. The van der Waals surface area contributed by atoms with Gasteiger partial charge in [0.25, 0.3) is 0 Å². The van der Waals surface area contributed by atoms with Gasteiger partial charge in [0.2, 0.25) is 0 Å². The number of nitrogens with two attached hydrogens (primary N) is 1. The number of hydrogen-bond donors (Lipinski definition) is 1. The predicted molar refractivity (Wildman–Crippen MR) is 56.1 cm³/mol. The zero-order valence-electron chi connectivity index (χ0n) is 7.80. The third-order valence-electron chi connectivity index (χ3n) is 1.22. The van der Waals surface area contributed by atoms with E-state index in [9.17, 15) is 9.18 Å². The van der Waals surface area contributed by atoms with Crippen LogP contribution in [0.2, 0.25) is 0 Å². The molecule has 0 heterocycles. The third kappa shape index (κ3) is 4.36. The van der Waals surface area contributed by atoms with Crippen LogP contribution in [0, 0.1) is 0 Å². The molecule has 0 atom stereocenters. The fourth-order valence-corrected chi connectivity index (χ4v) is 1.13. The van der Waals surface area contributed by atoms with Crippen molar-refractivity contribution in [3.8, 4) is 0 Å². The maximum atomic E-state index is 11.8. The number of aliphatic imine (C=N–C) groups is 1. The van der Waals surface area contributed by atoms with Gasteiger partial charge in [-0.25, -0.2) is 9.18 Å². The Morgan fingerprint density at radius 3 is 2.79 bits per heavy atom. The average molecular weight is 267 g/mol. The number of hydrogen-bond acceptors (Lipinski definition) is 4. The summed E-state index contributed by atoms with van der Waals surface area (Å²) in [5, 5.41) is 0. The molecule has 0 aromatic rings. The molecule has 4 nitrogen and oxygen atoms in total. The second-order valence-electron chi connectivity index (χ2n) is 2.16. The summed E-state index contributed by atoms with van der Waals surface area (Å²) in [6.07, 6.45) is 1.07. The number of carbonyl (C=O) groups is 1. The van der Waals surface area contributed by atoms with Gasteiger partial charge in [0.15, 0.2) is 0 Å². The van der Waals surface area contributed by atoms with Crippen molar-refractivity contribution in [1.29, 1.82) is 0 Å². The molecule has 0 aliphatic carbocycles. The Hall–Kier alpha value is -0.910. The first-order chi connectivity index (χ1) is 6.67. The van der Waals surface area contributed by atoms with E-state index in [0.29, 0.717) is 0 Å². The van der Waals surface area contributed by atoms with Crippen LogP contribution in [0.3, 0.4) is 0 Å². The number of halogens is 2. The van der Waals surface area contributed by atoms with Crippen LogP contribution in [0.15, 0.2) is 16.8 Å². The smallest absolute Gasteiger partial charge is 0.342 e. The van der Waals surface area contributed by atoms with Crippen molar-refractivity contribution in [1.82, 2.24) is 0 Å². The number of carbonyl (C=O) groups excluding carboxylic acids is 1. The summed E-state index contributed by atoms with van der Waals surface area (Å²) < 4.78 is 16.7. The number of esters is 1. The maximum Gasteiger partial charge on any atom is 0.342 e. The highest BCUT2D eigenvalue weighted by atomic mass is 79.9. The fraction of sp³-hybridized carbons (Fsp3) is 0.500. The minimum Gasteiger partial charge on any atom is -0.462 e. The second kappa shape index (κ2) is 7.49. The predicted octanol–water partition coefficient (Wildman–Crippen LogP) is 1.16. The Kier molecular flexibility index (Phi) is 7.00. The molecule has 0 aliphatic heterocycles. The lowest BCUT2D eigenvalue weighted by atomic mass is 10.3. The molecule has 0 aromatic carbocycles. The molecule has 0 radical (unpaired) electrons. The van der Waals surface area contributed by atoms with Crippen molar-refractivity contribution in [2.45, 2.75) is 6.92 Å². The summed E-state index contributed by atoms with van der Waals surface area (Å²) in [5.41, 5.74) is 5.31. The lowest BCUT2D eigenvalue weighted by molar-refractivity contribution is -0.137. The van der Waals surface area contributed by atoms with Crippen LogP contribution in [0.4, 0.5) is 4.39 Å². The molecule has 0 aromatic heterocycles. The highest BCUT2D eigenvalue weighted by Crippen LogP contribution is 2.06. The van der Waals surface area contributed by atoms with Gasteiger partial charge in [-0.2, -0.15) is 0 Å². The fourth-order valence-electron chi connectivity index (χ4n) is 0.655. The molecule has 0 saturated carbocycles. The maximum absolute atomic E-state index is 11.8. The van der Waals surface area contributed by atoms with E-state index < -0.39 is 12.6 Å². The van der Waals surface area contributed by atoms with Gasteiger partial charge in [-0.05, 0) is 22.9 Å².